The van der Waals surface area contributed by atoms with Crippen LogP contribution < -0.4 is 14.3 Å². The number of nitrogens with one attached hydrogen (secondary N) is 2. The molecule has 13 heteroatoms. The molecule has 8 nitrogen and oxygen atoms in total. The number of benzene rings is 3. The van der Waals surface area contributed by atoms with E-state index in [9.17, 15) is 26.0 Å². The maximum absolute atomic E-state index is 13.0. The van der Waals surface area contributed by atoms with E-state index in [1.165, 1.54) is 54.6 Å². The van der Waals surface area contributed by atoms with E-state index < -0.39 is 25.9 Å². The lowest BCUT2D eigenvalue weighted by Gasteiger charge is -2.23. The molecule has 0 radical (unpaired) electrons. The first-order valence-corrected chi connectivity index (χ1v) is 14.5. The number of amides is 1. The van der Waals surface area contributed by atoms with Crippen molar-refractivity contribution < 1.29 is 26.0 Å². The number of hydrogen-bond donors (Lipinski definition) is 2. The van der Waals surface area contributed by atoms with Gasteiger partial charge in [-0.15, -0.1) is 0 Å². The summed E-state index contributed by atoms with van der Waals surface area (Å²) in [5.74, 6) is -0.879. The largest absolute Gasteiger partial charge is 0.326 e. The third kappa shape index (κ3) is 7.57. The quantitative estimate of drug-likeness (QED) is 0.349. The van der Waals surface area contributed by atoms with Gasteiger partial charge in [0.2, 0.25) is 15.9 Å². The van der Waals surface area contributed by atoms with Crippen molar-refractivity contribution in [3.63, 3.8) is 0 Å². The lowest BCUT2D eigenvalue weighted by atomic mass is 10.2. The SMILES string of the molecule is CS(=O)(=O)N(CCCC(=O)Nc1ccc(S(=O)(=O)Nc2ccc(F)cc2)cc1)c1cc(Cl)ccc1Cl. The van der Waals surface area contributed by atoms with Crippen LogP contribution in [0.15, 0.2) is 71.6 Å². The Morgan fingerprint density at radius 3 is 2.14 bits per heavy atom. The van der Waals surface area contributed by atoms with Gasteiger partial charge < -0.3 is 5.32 Å². The molecular formula is C23H22Cl2FN3O5S2. The summed E-state index contributed by atoms with van der Waals surface area (Å²) >= 11 is 12.1. The Balaban J connectivity index is 1.59. The zero-order valence-corrected chi connectivity index (χ0v) is 22.1. The van der Waals surface area contributed by atoms with Crippen molar-refractivity contribution in [2.45, 2.75) is 17.7 Å². The first kappa shape index (κ1) is 27.7. The molecule has 0 atom stereocenters. The smallest absolute Gasteiger partial charge is 0.261 e. The molecule has 0 aliphatic carbocycles. The van der Waals surface area contributed by atoms with Crippen LogP contribution in [0.25, 0.3) is 0 Å². The Bertz CT molecular complexity index is 1450. The van der Waals surface area contributed by atoms with Crippen LogP contribution in [0.4, 0.5) is 21.5 Å². The summed E-state index contributed by atoms with van der Waals surface area (Å²) in [6.07, 6.45) is 1.22. The highest BCUT2D eigenvalue weighted by Gasteiger charge is 2.21. The number of nitrogens with zero attached hydrogens (tertiary/aromatic N) is 1. The molecule has 0 aliphatic heterocycles. The number of hydrogen-bond acceptors (Lipinski definition) is 5. The molecule has 0 fully saturated rings. The molecule has 0 aliphatic rings. The molecule has 0 spiro atoms. The minimum absolute atomic E-state index is 0.00144. The molecule has 0 heterocycles. The number of halogens is 3. The van der Waals surface area contributed by atoms with Gasteiger partial charge in [-0.05, 0) is 73.2 Å². The van der Waals surface area contributed by atoms with Crippen LogP contribution in [-0.4, -0.2) is 35.5 Å². The Labute approximate surface area is 219 Å². The molecule has 3 aromatic carbocycles. The summed E-state index contributed by atoms with van der Waals surface area (Å²) in [5.41, 5.74) is 0.785. The van der Waals surface area contributed by atoms with Gasteiger partial charge in [0.15, 0.2) is 0 Å². The molecule has 192 valence electrons. The molecule has 0 saturated heterocycles. The van der Waals surface area contributed by atoms with E-state index in [0.717, 1.165) is 22.7 Å². The fourth-order valence-corrected chi connectivity index (χ4v) is 5.66. The summed E-state index contributed by atoms with van der Waals surface area (Å²) in [4.78, 5) is 12.3. The van der Waals surface area contributed by atoms with Crippen LogP contribution in [0, 0.1) is 5.82 Å². The van der Waals surface area contributed by atoms with Gasteiger partial charge >= 0.3 is 0 Å². The van der Waals surface area contributed by atoms with Crippen molar-refractivity contribution in [3.8, 4) is 0 Å². The summed E-state index contributed by atoms with van der Waals surface area (Å²) in [7, 11) is -7.59. The Hall–Kier alpha value is -2.86. The molecule has 1 amide bonds. The van der Waals surface area contributed by atoms with E-state index in [2.05, 4.69) is 10.0 Å². The molecule has 3 aromatic rings. The Morgan fingerprint density at radius 2 is 1.53 bits per heavy atom. The first-order chi connectivity index (χ1) is 16.8. The van der Waals surface area contributed by atoms with Gasteiger partial charge in [0.25, 0.3) is 10.0 Å². The number of rotatable bonds is 10. The molecule has 0 aromatic heterocycles. The zero-order valence-electron chi connectivity index (χ0n) is 18.9. The minimum Gasteiger partial charge on any atom is -0.326 e. The van der Waals surface area contributed by atoms with Crippen molar-refractivity contribution >= 4 is 66.2 Å². The summed E-state index contributed by atoms with van der Waals surface area (Å²) in [6, 6.07) is 14.8. The van der Waals surface area contributed by atoms with Crippen molar-refractivity contribution in [1.82, 2.24) is 0 Å². The van der Waals surface area contributed by atoms with Crippen molar-refractivity contribution in [2.75, 3.05) is 27.1 Å². The Morgan fingerprint density at radius 1 is 0.917 bits per heavy atom. The van der Waals surface area contributed by atoms with Gasteiger partial charge in [-0.25, -0.2) is 21.2 Å². The highest BCUT2D eigenvalue weighted by Crippen LogP contribution is 2.31. The summed E-state index contributed by atoms with van der Waals surface area (Å²) in [6.45, 7) is -0.00144. The molecule has 0 bridgehead atoms. The maximum atomic E-state index is 13.0. The predicted octanol–water partition coefficient (Wildman–Crippen LogP) is 5.12. The molecule has 0 saturated carbocycles. The van der Waals surface area contributed by atoms with Crippen LogP contribution in [-0.2, 0) is 24.8 Å². The first-order valence-electron chi connectivity index (χ1n) is 10.5. The molecule has 36 heavy (non-hydrogen) atoms. The molecule has 2 N–H and O–H groups in total. The lowest BCUT2D eigenvalue weighted by Crippen LogP contribution is -2.31. The zero-order chi connectivity index (χ0) is 26.5. The average molecular weight is 574 g/mol. The standard InChI is InChI=1S/C23H22Cl2FN3O5S2/c1-35(31,32)29(22-15-16(24)4-13-21(22)25)14-2-3-23(30)27-18-9-11-20(12-10-18)36(33,34)28-19-7-5-17(26)6-8-19/h4-13,15,28H,2-3,14H2,1H3,(H,27,30). The predicted molar refractivity (Wildman–Crippen MR) is 140 cm³/mol. The van der Waals surface area contributed by atoms with E-state index in [1.54, 1.807) is 0 Å². The van der Waals surface area contributed by atoms with Crippen LogP contribution >= 0.6 is 23.2 Å². The minimum atomic E-state index is -3.91. The third-order valence-corrected chi connectivity index (χ3v) is 8.02. The second-order valence-electron chi connectivity index (χ2n) is 7.72. The normalized spacial score (nSPS) is 11.7. The number of carbonyl (C=O) groups is 1. The van der Waals surface area contributed by atoms with Gasteiger partial charge in [0, 0.05) is 29.4 Å². The third-order valence-electron chi connectivity index (χ3n) is 4.89. The van der Waals surface area contributed by atoms with Crippen molar-refractivity contribution in [3.05, 3.63) is 82.6 Å². The van der Waals surface area contributed by atoms with E-state index >= 15 is 0 Å². The fraction of sp³-hybridized carbons (Fsp3) is 0.174. The van der Waals surface area contributed by atoms with Gasteiger partial charge in [0.05, 0.1) is 21.9 Å². The van der Waals surface area contributed by atoms with Crippen molar-refractivity contribution in [1.29, 1.82) is 0 Å². The fourth-order valence-electron chi connectivity index (χ4n) is 3.20. The van der Waals surface area contributed by atoms with Crippen molar-refractivity contribution in [2.24, 2.45) is 0 Å². The highest BCUT2D eigenvalue weighted by molar-refractivity contribution is 7.92. The van der Waals surface area contributed by atoms with Gasteiger partial charge in [-0.1, -0.05) is 23.2 Å². The lowest BCUT2D eigenvalue weighted by molar-refractivity contribution is -0.116. The van der Waals surface area contributed by atoms with Gasteiger partial charge in [-0.2, -0.15) is 0 Å². The summed E-state index contributed by atoms with van der Waals surface area (Å²) < 4.78 is 66.0. The van der Waals surface area contributed by atoms with Gasteiger partial charge in [-0.3, -0.25) is 13.8 Å². The van der Waals surface area contributed by atoms with E-state index in [4.69, 9.17) is 23.2 Å². The topological polar surface area (TPSA) is 113 Å². The maximum Gasteiger partial charge on any atom is 0.261 e. The Kier molecular flexibility index (Phi) is 8.83. The number of sulfonamides is 2. The van der Waals surface area contributed by atoms with Crippen LogP contribution in [0.1, 0.15) is 12.8 Å². The monoisotopic (exact) mass is 573 g/mol. The summed E-state index contributed by atoms with van der Waals surface area (Å²) in [5, 5.41) is 3.16. The van der Waals surface area contributed by atoms with E-state index in [-0.39, 0.29) is 46.6 Å². The molecule has 3 rings (SSSR count). The highest BCUT2D eigenvalue weighted by atomic mass is 35.5. The van der Waals surface area contributed by atoms with Crippen LogP contribution in [0.3, 0.4) is 0 Å². The number of carbonyl (C=O) groups excluding carboxylic acids is 1. The van der Waals surface area contributed by atoms with Gasteiger partial charge in [0.1, 0.15) is 5.82 Å². The second-order valence-corrected chi connectivity index (χ2v) is 12.2. The second kappa shape index (κ2) is 11.5. The number of anilines is 3. The van der Waals surface area contributed by atoms with E-state index in [1.807, 2.05) is 0 Å². The van der Waals surface area contributed by atoms with Crippen LogP contribution in [0.2, 0.25) is 10.0 Å². The van der Waals surface area contributed by atoms with Crippen LogP contribution in [0.5, 0.6) is 0 Å². The molecule has 0 unspecified atom stereocenters. The van der Waals surface area contributed by atoms with E-state index in [0.29, 0.717) is 10.7 Å². The molecular weight excluding hydrogens is 552 g/mol. The average Bonchev–Trinajstić information content (AvgIpc) is 2.79.